The molecule has 0 aromatic heterocycles. The molecule has 2 aliphatic carbocycles. The molecule has 1 heterocycles. The van der Waals surface area contributed by atoms with Crippen molar-refractivity contribution in [3.63, 3.8) is 0 Å². The van der Waals surface area contributed by atoms with E-state index in [4.69, 9.17) is 4.74 Å². The molecule has 1 amide bonds. The molecular formula is C14H24N2O2. The number of nitrogens with one attached hydrogen (secondary N) is 1. The Morgan fingerprint density at radius 2 is 2.28 bits per heavy atom. The fraction of sp³-hybridized carbons (Fsp3) is 0.929. The minimum atomic E-state index is -0.147. The summed E-state index contributed by atoms with van der Waals surface area (Å²) in [7, 11) is 1.84. The Kier molecular flexibility index (Phi) is 3.57. The number of rotatable bonds is 3. The number of carbonyl (C=O) groups is 1. The lowest BCUT2D eigenvalue weighted by atomic mass is 9.88. The van der Waals surface area contributed by atoms with Crippen molar-refractivity contribution in [3.8, 4) is 0 Å². The number of likely N-dealkylation sites (N-methyl/N-ethyl adjacent to an activating group) is 1. The monoisotopic (exact) mass is 252 g/mol. The van der Waals surface area contributed by atoms with E-state index >= 15 is 0 Å². The lowest BCUT2D eigenvalue weighted by molar-refractivity contribution is -0.133. The van der Waals surface area contributed by atoms with E-state index in [1.807, 2.05) is 11.9 Å². The summed E-state index contributed by atoms with van der Waals surface area (Å²) in [5, 5.41) is 3.07. The van der Waals surface area contributed by atoms with Crippen LogP contribution in [0.15, 0.2) is 0 Å². The first-order valence-electron chi connectivity index (χ1n) is 7.31. The van der Waals surface area contributed by atoms with Gasteiger partial charge in [-0.15, -0.1) is 0 Å². The summed E-state index contributed by atoms with van der Waals surface area (Å²) in [6.07, 6.45) is 5.58. The third kappa shape index (κ3) is 2.28. The van der Waals surface area contributed by atoms with E-state index in [1.165, 1.54) is 25.7 Å². The van der Waals surface area contributed by atoms with E-state index in [1.54, 1.807) is 0 Å². The Morgan fingerprint density at radius 3 is 2.94 bits per heavy atom. The molecule has 18 heavy (non-hydrogen) atoms. The van der Waals surface area contributed by atoms with Crippen molar-refractivity contribution in [2.45, 2.75) is 31.7 Å². The maximum atomic E-state index is 12.4. The molecule has 1 aliphatic heterocycles. The van der Waals surface area contributed by atoms with Gasteiger partial charge in [-0.05, 0) is 44.1 Å². The molecule has 4 unspecified atom stereocenters. The maximum absolute atomic E-state index is 12.4. The van der Waals surface area contributed by atoms with Crippen LogP contribution >= 0.6 is 0 Å². The number of hydrogen-bond acceptors (Lipinski definition) is 3. The van der Waals surface area contributed by atoms with Gasteiger partial charge in [0.05, 0.1) is 13.2 Å². The molecular weight excluding hydrogens is 228 g/mol. The standard InChI is InChI=1S/C14H24N2O2/c1-15-13-9-18-5-4-16(14(13)17)8-12-7-10-2-3-11(12)6-10/h10-13,15H,2-9H2,1H3. The van der Waals surface area contributed by atoms with Crippen molar-refractivity contribution in [2.24, 2.45) is 17.8 Å². The molecule has 0 aromatic carbocycles. The number of nitrogens with zero attached hydrogens (tertiary/aromatic N) is 1. The molecule has 4 atom stereocenters. The predicted octanol–water partition coefficient (Wildman–Crippen LogP) is 0.869. The smallest absolute Gasteiger partial charge is 0.242 e. The van der Waals surface area contributed by atoms with Crippen molar-refractivity contribution in [3.05, 3.63) is 0 Å². The van der Waals surface area contributed by atoms with Crippen molar-refractivity contribution < 1.29 is 9.53 Å². The zero-order valence-corrected chi connectivity index (χ0v) is 11.2. The van der Waals surface area contributed by atoms with Crippen LogP contribution in [0.4, 0.5) is 0 Å². The topological polar surface area (TPSA) is 41.6 Å². The quantitative estimate of drug-likeness (QED) is 0.810. The second kappa shape index (κ2) is 5.17. The van der Waals surface area contributed by atoms with Gasteiger partial charge in [0.1, 0.15) is 6.04 Å². The first kappa shape index (κ1) is 12.4. The van der Waals surface area contributed by atoms with Crippen LogP contribution in [-0.4, -0.2) is 50.2 Å². The first-order valence-corrected chi connectivity index (χ1v) is 7.31. The van der Waals surface area contributed by atoms with Gasteiger partial charge in [-0.1, -0.05) is 6.42 Å². The van der Waals surface area contributed by atoms with Crippen molar-refractivity contribution in [1.29, 1.82) is 0 Å². The Labute approximate surface area is 109 Å². The van der Waals surface area contributed by atoms with Gasteiger partial charge in [-0.2, -0.15) is 0 Å². The van der Waals surface area contributed by atoms with Crippen molar-refractivity contribution in [2.75, 3.05) is 33.4 Å². The summed E-state index contributed by atoms with van der Waals surface area (Å²) >= 11 is 0. The number of amides is 1. The fourth-order valence-electron chi connectivity index (χ4n) is 4.05. The average Bonchev–Trinajstić information content (AvgIpc) is 2.94. The molecule has 2 bridgehead atoms. The average molecular weight is 252 g/mol. The van der Waals surface area contributed by atoms with Gasteiger partial charge < -0.3 is 15.0 Å². The second-order valence-electron chi connectivity index (χ2n) is 6.14. The van der Waals surface area contributed by atoms with Gasteiger partial charge in [-0.3, -0.25) is 4.79 Å². The van der Waals surface area contributed by atoms with E-state index < -0.39 is 0 Å². The normalized spacial score (nSPS) is 40.3. The van der Waals surface area contributed by atoms with E-state index in [-0.39, 0.29) is 11.9 Å². The minimum Gasteiger partial charge on any atom is -0.377 e. The van der Waals surface area contributed by atoms with Gasteiger partial charge in [-0.25, -0.2) is 0 Å². The lowest BCUT2D eigenvalue weighted by Crippen LogP contribution is -2.47. The lowest BCUT2D eigenvalue weighted by Gasteiger charge is -2.30. The molecule has 1 N–H and O–H groups in total. The molecule has 2 saturated carbocycles. The molecule has 0 spiro atoms. The zero-order valence-electron chi connectivity index (χ0n) is 11.2. The second-order valence-corrected chi connectivity index (χ2v) is 6.14. The number of hydrogen-bond donors (Lipinski definition) is 1. The number of carbonyl (C=O) groups excluding carboxylic acids is 1. The highest BCUT2D eigenvalue weighted by Crippen LogP contribution is 2.48. The molecule has 0 radical (unpaired) electrons. The Bertz CT molecular complexity index is 321. The van der Waals surface area contributed by atoms with Gasteiger partial charge >= 0.3 is 0 Å². The summed E-state index contributed by atoms with van der Waals surface area (Å²) in [5.74, 6) is 2.83. The van der Waals surface area contributed by atoms with Crippen LogP contribution in [0, 0.1) is 17.8 Å². The van der Waals surface area contributed by atoms with Crippen LogP contribution < -0.4 is 5.32 Å². The van der Waals surface area contributed by atoms with Crippen LogP contribution in [-0.2, 0) is 9.53 Å². The number of ether oxygens (including phenoxy) is 1. The third-order valence-corrected chi connectivity index (χ3v) is 5.09. The third-order valence-electron chi connectivity index (χ3n) is 5.09. The maximum Gasteiger partial charge on any atom is 0.242 e. The van der Waals surface area contributed by atoms with Crippen molar-refractivity contribution in [1.82, 2.24) is 10.2 Å². The summed E-state index contributed by atoms with van der Waals surface area (Å²) in [6.45, 7) is 2.93. The highest BCUT2D eigenvalue weighted by Gasteiger charge is 2.41. The van der Waals surface area contributed by atoms with Crippen LogP contribution in [0.25, 0.3) is 0 Å². The molecule has 4 nitrogen and oxygen atoms in total. The van der Waals surface area contributed by atoms with Gasteiger partial charge in [0, 0.05) is 13.1 Å². The largest absolute Gasteiger partial charge is 0.377 e. The Hall–Kier alpha value is -0.610. The van der Waals surface area contributed by atoms with E-state index in [2.05, 4.69) is 5.32 Å². The molecule has 0 aromatic rings. The first-order chi connectivity index (χ1) is 8.78. The van der Waals surface area contributed by atoms with Crippen LogP contribution in [0.5, 0.6) is 0 Å². The van der Waals surface area contributed by atoms with Gasteiger partial charge in [0.15, 0.2) is 0 Å². The molecule has 4 heteroatoms. The van der Waals surface area contributed by atoms with Crippen LogP contribution in [0.2, 0.25) is 0 Å². The minimum absolute atomic E-state index is 0.147. The van der Waals surface area contributed by atoms with E-state index in [0.29, 0.717) is 13.2 Å². The van der Waals surface area contributed by atoms with Crippen LogP contribution in [0.3, 0.4) is 0 Å². The Morgan fingerprint density at radius 1 is 1.39 bits per heavy atom. The number of fused-ring (bicyclic) bond motifs is 2. The molecule has 102 valence electrons. The predicted molar refractivity (Wildman–Crippen MR) is 69.2 cm³/mol. The summed E-state index contributed by atoms with van der Waals surface area (Å²) in [6, 6.07) is -0.147. The molecule has 3 rings (SSSR count). The van der Waals surface area contributed by atoms with Gasteiger partial charge in [0.2, 0.25) is 5.91 Å². The zero-order chi connectivity index (χ0) is 12.5. The van der Waals surface area contributed by atoms with Crippen LogP contribution in [0.1, 0.15) is 25.7 Å². The SMILES string of the molecule is CNC1COCCN(CC2CC3CCC2C3)C1=O. The van der Waals surface area contributed by atoms with E-state index in [0.717, 1.165) is 30.8 Å². The highest BCUT2D eigenvalue weighted by atomic mass is 16.5. The van der Waals surface area contributed by atoms with E-state index in [9.17, 15) is 4.79 Å². The van der Waals surface area contributed by atoms with Crippen molar-refractivity contribution >= 4 is 5.91 Å². The summed E-state index contributed by atoms with van der Waals surface area (Å²) in [5.41, 5.74) is 0. The summed E-state index contributed by atoms with van der Waals surface area (Å²) < 4.78 is 5.50. The summed E-state index contributed by atoms with van der Waals surface area (Å²) in [4.78, 5) is 14.4. The Balaban J connectivity index is 1.62. The highest BCUT2D eigenvalue weighted by molar-refractivity contribution is 5.82. The molecule has 3 aliphatic rings. The fourth-order valence-corrected chi connectivity index (χ4v) is 4.05. The van der Waals surface area contributed by atoms with Gasteiger partial charge in [0.25, 0.3) is 0 Å². The molecule has 1 saturated heterocycles. The molecule has 3 fully saturated rings.